The molecule has 1 aromatic rings. The molecule has 1 fully saturated rings. The number of aliphatic carboxylic acids is 1. The van der Waals surface area contributed by atoms with Crippen molar-refractivity contribution in [3.63, 3.8) is 0 Å². The van der Waals surface area contributed by atoms with E-state index in [2.05, 4.69) is 5.32 Å². The number of benzene rings is 1. The summed E-state index contributed by atoms with van der Waals surface area (Å²) >= 11 is 0. The maximum atomic E-state index is 13.2. The first-order chi connectivity index (χ1) is 11.6. The molecule has 7 nitrogen and oxygen atoms in total. The van der Waals surface area contributed by atoms with Crippen LogP contribution in [0.15, 0.2) is 24.3 Å². The van der Waals surface area contributed by atoms with Crippen molar-refractivity contribution in [2.24, 2.45) is 0 Å². The molecule has 1 atom stereocenters. The average Bonchev–Trinajstić information content (AvgIpc) is 2.52. The molecule has 0 aliphatic carbocycles. The van der Waals surface area contributed by atoms with Gasteiger partial charge in [-0.2, -0.15) is 0 Å². The van der Waals surface area contributed by atoms with Gasteiger partial charge in [0.2, 0.25) is 10.0 Å². The number of nitrogens with one attached hydrogen (secondary N) is 1. The van der Waals surface area contributed by atoms with Crippen molar-refractivity contribution in [1.82, 2.24) is 9.62 Å². The Morgan fingerprint density at radius 1 is 1.40 bits per heavy atom. The van der Waals surface area contributed by atoms with Gasteiger partial charge < -0.3 is 15.5 Å². The van der Waals surface area contributed by atoms with E-state index in [0.29, 0.717) is 18.4 Å². The first-order valence-electron chi connectivity index (χ1n) is 7.99. The lowest BCUT2D eigenvalue weighted by molar-refractivity contribution is -0.134. The van der Waals surface area contributed by atoms with Crippen molar-refractivity contribution in [3.8, 4) is 0 Å². The van der Waals surface area contributed by atoms with Crippen LogP contribution in [0.5, 0.6) is 0 Å². The Morgan fingerprint density at radius 3 is 2.60 bits per heavy atom. The molecule has 0 amide bonds. The lowest BCUT2D eigenvalue weighted by atomic mass is 9.90. The number of nitrogens with zero attached hydrogens (tertiary/aromatic N) is 1. The predicted octanol–water partition coefficient (Wildman–Crippen LogP) is 0.718. The highest BCUT2D eigenvalue weighted by Gasteiger charge is 2.35. The van der Waals surface area contributed by atoms with E-state index < -0.39 is 33.7 Å². The summed E-state index contributed by atoms with van der Waals surface area (Å²) in [4.78, 5) is 10.6. The minimum Gasteiger partial charge on any atom is -0.480 e. The summed E-state index contributed by atoms with van der Waals surface area (Å²) in [5, 5.41) is 22.1. The van der Waals surface area contributed by atoms with Crippen molar-refractivity contribution in [2.45, 2.75) is 31.4 Å². The number of piperidine rings is 1. The number of aliphatic hydroxyl groups is 1. The molecule has 1 aliphatic rings. The Labute approximate surface area is 146 Å². The molecule has 140 valence electrons. The molecule has 1 aromatic carbocycles. The number of hydrogen-bond acceptors (Lipinski definition) is 5. The highest BCUT2D eigenvalue weighted by Crippen LogP contribution is 2.25. The number of carboxylic acids is 1. The monoisotopic (exact) mass is 374 g/mol. The Kier molecular flexibility index (Phi) is 6.15. The second-order valence-corrected chi connectivity index (χ2v) is 8.53. The zero-order chi connectivity index (χ0) is 18.7. The van der Waals surface area contributed by atoms with E-state index in [1.54, 1.807) is 6.07 Å². The van der Waals surface area contributed by atoms with Gasteiger partial charge in [-0.3, -0.25) is 4.79 Å². The SMILES string of the molecule is CC1(NC[C@H](O)c2cccc(F)c2)CCN(S(=O)(=O)CC(=O)O)CC1. The fourth-order valence-corrected chi connectivity index (χ4v) is 4.09. The highest BCUT2D eigenvalue weighted by atomic mass is 32.2. The van der Waals surface area contributed by atoms with Crippen molar-refractivity contribution in [3.05, 3.63) is 35.6 Å². The smallest absolute Gasteiger partial charge is 0.320 e. The standard InChI is InChI=1S/C16H23FN2O5S/c1-16(18-10-14(20)12-3-2-4-13(17)9-12)5-7-19(8-6-16)25(23,24)11-15(21)22/h2-4,9,14,18,20H,5-8,10-11H2,1H3,(H,21,22)/t14-/m0/s1. The molecule has 25 heavy (non-hydrogen) atoms. The molecular weight excluding hydrogens is 351 g/mol. The van der Waals surface area contributed by atoms with E-state index in [1.165, 1.54) is 22.5 Å². The number of carbonyl (C=O) groups is 1. The second-order valence-electron chi connectivity index (χ2n) is 6.56. The van der Waals surface area contributed by atoms with Gasteiger partial charge in [-0.25, -0.2) is 17.1 Å². The number of carboxylic acid groups (broad SMARTS) is 1. The van der Waals surface area contributed by atoms with Crippen molar-refractivity contribution in [2.75, 3.05) is 25.4 Å². The molecule has 0 aromatic heterocycles. The van der Waals surface area contributed by atoms with Gasteiger partial charge in [0.1, 0.15) is 5.82 Å². The third-order valence-corrected chi connectivity index (χ3v) is 6.24. The molecule has 0 spiro atoms. The number of rotatable bonds is 7. The lowest BCUT2D eigenvalue weighted by Gasteiger charge is -2.39. The molecule has 0 bridgehead atoms. The quantitative estimate of drug-likeness (QED) is 0.649. The normalized spacial score (nSPS) is 19.5. The zero-order valence-electron chi connectivity index (χ0n) is 14.0. The van der Waals surface area contributed by atoms with Crippen LogP contribution in [0.2, 0.25) is 0 Å². The van der Waals surface area contributed by atoms with E-state index >= 15 is 0 Å². The summed E-state index contributed by atoms with van der Waals surface area (Å²) in [5.41, 5.74) is 0.0846. The molecule has 1 aliphatic heterocycles. The summed E-state index contributed by atoms with van der Waals surface area (Å²) in [7, 11) is -3.80. The minimum absolute atomic E-state index is 0.210. The van der Waals surface area contributed by atoms with E-state index in [1.807, 2.05) is 6.92 Å². The van der Waals surface area contributed by atoms with E-state index in [9.17, 15) is 22.7 Å². The van der Waals surface area contributed by atoms with E-state index in [-0.39, 0.29) is 25.2 Å². The van der Waals surface area contributed by atoms with Gasteiger partial charge in [0.05, 0.1) is 6.10 Å². The van der Waals surface area contributed by atoms with Gasteiger partial charge in [-0.1, -0.05) is 12.1 Å². The Balaban J connectivity index is 1.89. The van der Waals surface area contributed by atoms with Crippen LogP contribution < -0.4 is 5.32 Å². The molecule has 1 heterocycles. The maximum absolute atomic E-state index is 13.2. The molecule has 2 rings (SSSR count). The topological polar surface area (TPSA) is 107 Å². The van der Waals surface area contributed by atoms with Gasteiger partial charge in [0, 0.05) is 25.2 Å². The predicted molar refractivity (Wildman–Crippen MR) is 90.0 cm³/mol. The molecule has 9 heteroatoms. The number of halogens is 1. The highest BCUT2D eigenvalue weighted by molar-refractivity contribution is 7.89. The molecule has 3 N–H and O–H groups in total. The summed E-state index contributed by atoms with van der Waals surface area (Å²) < 4.78 is 38.3. The molecule has 0 unspecified atom stereocenters. The summed E-state index contributed by atoms with van der Waals surface area (Å²) in [5.74, 6) is -2.69. The maximum Gasteiger partial charge on any atom is 0.320 e. The van der Waals surface area contributed by atoms with Crippen LogP contribution in [0.4, 0.5) is 4.39 Å². The van der Waals surface area contributed by atoms with Crippen molar-refractivity contribution >= 4 is 16.0 Å². The number of β-amino-alcohol motifs (C(OH)–C–C–N with tert-alkyl or cyclic N) is 1. The third kappa shape index (κ3) is 5.46. The second kappa shape index (κ2) is 7.77. The zero-order valence-corrected chi connectivity index (χ0v) is 14.8. The fraction of sp³-hybridized carbons (Fsp3) is 0.562. The average molecular weight is 374 g/mol. The first-order valence-corrected chi connectivity index (χ1v) is 9.60. The summed E-state index contributed by atoms with van der Waals surface area (Å²) in [6.45, 7) is 2.57. The van der Waals surface area contributed by atoms with Crippen LogP contribution in [0, 0.1) is 5.82 Å². The number of aliphatic hydroxyl groups excluding tert-OH is 1. The van der Waals surface area contributed by atoms with E-state index in [4.69, 9.17) is 5.11 Å². The first kappa shape index (κ1) is 19.8. The van der Waals surface area contributed by atoms with Gasteiger partial charge in [0.15, 0.2) is 5.75 Å². The van der Waals surface area contributed by atoms with Crippen LogP contribution in [0.3, 0.4) is 0 Å². The summed E-state index contributed by atoms with van der Waals surface area (Å²) in [6, 6.07) is 5.74. The molecule has 1 saturated heterocycles. The van der Waals surface area contributed by atoms with Crippen LogP contribution >= 0.6 is 0 Å². The third-order valence-electron chi connectivity index (χ3n) is 4.48. The number of hydrogen-bond donors (Lipinski definition) is 3. The Hall–Kier alpha value is -1.55. The van der Waals surface area contributed by atoms with Gasteiger partial charge >= 0.3 is 5.97 Å². The molecule has 0 radical (unpaired) electrons. The molecular formula is C16H23FN2O5S. The number of sulfonamides is 1. The Morgan fingerprint density at radius 2 is 2.04 bits per heavy atom. The van der Waals surface area contributed by atoms with Crippen LogP contribution in [0.25, 0.3) is 0 Å². The van der Waals surface area contributed by atoms with Crippen molar-refractivity contribution < 1.29 is 27.8 Å². The van der Waals surface area contributed by atoms with Crippen LogP contribution in [-0.4, -0.2) is 59.8 Å². The minimum atomic E-state index is -3.80. The Bertz CT molecular complexity index is 717. The van der Waals surface area contributed by atoms with Gasteiger partial charge in [0.25, 0.3) is 0 Å². The van der Waals surface area contributed by atoms with Crippen molar-refractivity contribution in [1.29, 1.82) is 0 Å². The largest absolute Gasteiger partial charge is 0.480 e. The lowest BCUT2D eigenvalue weighted by Crippen LogP contribution is -2.53. The fourth-order valence-electron chi connectivity index (χ4n) is 2.86. The van der Waals surface area contributed by atoms with Crippen LogP contribution in [0.1, 0.15) is 31.4 Å². The van der Waals surface area contributed by atoms with Gasteiger partial charge in [-0.05, 0) is 37.5 Å². The van der Waals surface area contributed by atoms with E-state index in [0.717, 1.165) is 0 Å². The summed E-state index contributed by atoms with van der Waals surface area (Å²) in [6.07, 6.45) is 0.102. The van der Waals surface area contributed by atoms with Crippen LogP contribution in [-0.2, 0) is 14.8 Å². The molecule has 0 saturated carbocycles. The van der Waals surface area contributed by atoms with Gasteiger partial charge in [-0.15, -0.1) is 0 Å².